The van der Waals surface area contributed by atoms with Crippen molar-refractivity contribution in [2.24, 2.45) is 0 Å². The maximum Gasteiger partial charge on any atom is 0.256 e. The fourth-order valence-corrected chi connectivity index (χ4v) is 1.33. The molecule has 96 valence electrons. The minimum Gasteiger partial charge on any atom is -0.383 e. The van der Waals surface area contributed by atoms with Gasteiger partial charge in [-0.25, -0.2) is 8.42 Å². The van der Waals surface area contributed by atoms with E-state index in [2.05, 4.69) is 15.5 Å². The Bertz CT molecular complexity index is 518. The Morgan fingerprint density at radius 3 is 2.59 bits per heavy atom. The smallest absolute Gasteiger partial charge is 0.256 e. The van der Waals surface area contributed by atoms with Crippen molar-refractivity contribution in [3.63, 3.8) is 0 Å². The summed E-state index contributed by atoms with van der Waals surface area (Å²) in [6.07, 6.45) is 2.42. The Morgan fingerprint density at radius 2 is 2.18 bits per heavy atom. The molecule has 1 amide bonds. The maximum atomic E-state index is 11.7. The Morgan fingerprint density at radius 1 is 1.59 bits per heavy atom. The number of anilines is 1. The van der Waals surface area contributed by atoms with E-state index >= 15 is 0 Å². The van der Waals surface area contributed by atoms with Gasteiger partial charge in [0.2, 0.25) is 0 Å². The molecule has 0 fully saturated rings. The maximum absolute atomic E-state index is 11.7. The molecular weight excluding hydrogens is 244 g/mol. The zero-order valence-corrected chi connectivity index (χ0v) is 10.8. The lowest BCUT2D eigenvalue weighted by molar-refractivity contribution is 0.0951. The van der Waals surface area contributed by atoms with Gasteiger partial charge >= 0.3 is 0 Å². The van der Waals surface area contributed by atoms with Crippen LogP contribution in [0, 0.1) is 0 Å². The Labute approximate surface area is 99.7 Å². The predicted octanol–water partition coefficient (Wildman–Crippen LogP) is -0.455. The number of rotatable bonds is 4. The number of nitrogen functional groups attached to an aromatic ring is 1. The molecule has 1 heterocycles. The number of hydrogen-bond donors (Lipinski definition) is 3. The van der Waals surface area contributed by atoms with E-state index in [-0.39, 0.29) is 17.9 Å². The Balaban J connectivity index is 2.71. The SMILES string of the molecule is CC(C)(CNC(=O)c1cn[nH]c1N)S(C)(=O)=O. The molecule has 0 saturated carbocycles. The van der Waals surface area contributed by atoms with Gasteiger partial charge in [-0.15, -0.1) is 0 Å². The van der Waals surface area contributed by atoms with E-state index in [0.29, 0.717) is 0 Å². The van der Waals surface area contributed by atoms with Crippen LogP contribution >= 0.6 is 0 Å². The molecule has 0 radical (unpaired) electrons. The molecule has 0 aliphatic rings. The van der Waals surface area contributed by atoms with Gasteiger partial charge in [0.15, 0.2) is 9.84 Å². The third-order valence-electron chi connectivity index (χ3n) is 2.59. The zero-order chi connectivity index (χ0) is 13.3. The molecule has 0 unspecified atom stereocenters. The van der Waals surface area contributed by atoms with Gasteiger partial charge in [0.05, 0.1) is 10.9 Å². The van der Waals surface area contributed by atoms with Crippen molar-refractivity contribution in [3.8, 4) is 0 Å². The molecule has 8 heteroatoms. The topological polar surface area (TPSA) is 118 Å². The zero-order valence-electron chi connectivity index (χ0n) is 9.94. The molecular formula is C9H16N4O3S. The van der Waals surface area contributed by atoms with E-state index in [1.165, 1.54) is 6.20 Å². The number of H-pyrrole nitrogens is 1. The highest BCUT2D eigenvalue weighted by molar-refractivity contribution is 7.92. The Hall–Kier alpha value is -1.57. The average Bonchev–Trinajstić information content (AvgIpc) is 2.59. The summed E-state index contributed by atoms with van der Waals surface area (Å²) >= 11 is 0. The number of carbonyl (C=O) groups is 1. The van der Waals surface area contributed by atoms with E-state index in [9.17, 15) is 13.2 Å². The quantitative estimate of drug-likeness (QED) is 0.677. The predicted molar refractivity (Wildman–Crippen MR) is 64.3 cm³/mol. The van der Waals surface area contributed by atoms with Gasteiger partial charge in [-0.1, -0.05) is 0 Å². The highest BCUT2D eigenvalue weighted by Gasteiger charge is 2.30. The number of nitrogens with two attached hydrogens (primary N) is 1. The van der Waals surface area contributed by atoms with Crippen LogP contribution in [-0.4, -0.2) is 42.1 Å². The first-order valence-electron chi connectivity index (χ1n) is 4.92. The van der Waals surface area contributed by atoms with E-state index in [0.717, 1.165) is 6.26 Å². The molecule has 7 nitrogen and oxygen atoms in total. The molecule has 0 aromatic carbocycles. The molecule has 0 bridgehead atoms. The summed E-state index contributed by atoms with van der Waals surface area (Å²) in [6, 6.07) is 0. The van der Waals surface area contributed by atoms with Crippen LogP contribution in [0.15, 0.2) is 6.20 Å². The molecule has 0 spiro atoms. The number of hydrogen-bond acceptors (Lipinski definition) is 5. The van der Waals surface area contributed by atoms with Crippen molar-refractivity contribution in [2.45, 2.75) is 18.6 Å². The van der Waals surface area contributed by atoms with Gasteiger partial charge in [-0.3, -0.25) is 9.89 Å². The number of nitrogens with one attached hydrogen (secondary N) is 2. The number of nitrogens with zero attached hydrogens (tertiary/aromatic N) is 1. The lowest BCUT2D eigenvalue weighted by atomic mass is 10.2. The lowest BCUT2D eigenvalue weighted by Gasteiger charge is -2.22. The van der Waals surface area contributed by atoms with Crippen molar-refractivity contribution in [2.75, 3.05) is 18.5 Å². The van der Waals surface area contributed by atoms with Gasteiger partial charge < -0.3 is 11.1 Å². The lowest BCUT2D eigenvalue weighted by Crippen LogP contribution is -2.43. The Kier molecular flexibility index (Phi) is 3.46. The monoisotopic (exact) mass is 260 g/mol. The highest BCUT2D eigenvalue weighted by atomic mass is 32.2. The minimum absolute atomic E-state index is 0.00921. The summed E-state index contributed by atoms with van der Waals surface area (Å²) in [7, 11) is -3.25. The summed E-state index contributed by atoms with van der Waals surface area (Å²) in [5.74, 6) is -0.298. The molecule has 4 N–H and O–H groups in total. The third-order valence-corrected chi connectivity index (χ3v) is 4.74. The molecule has 0 atom stereocenters. The largest absolute Gasteiger partial charge is 0.383 e. The van der Waals surface area contributed by atoms with Gasteiger partial charge in [0, 0.05) is 12.8 Å². The van der Waals surface area contributed by atoms with Crippen molar-refractivity contribution >= 4 is 21.6 Å². The van der Waals surface area contributed by atoms with Crippen LogP contribution < -0.4 is 11.1 Å². The number of amides is 1. The fourth-order valence-electron chi connectivity index (χ4n) is 0.997. The van der Waals surface area contributed by atoms with Crippen LogP contribution in [0.2, 0.25) is 0 Å². The van der Waals surface area contributed by atoms with Crippen LogP contribution in [0.25, 0.3) is 0 Å². The average molecular weight is 260 g/mol. The summed E-state index contributed by atoms with van der Waals surface area (Å²) in [5, 5.41) is 8.55. The highest BCUT2D eigenvalue weighted by Crippen LogP contribution is 2.14. The fraction of sp³-hybridized carbons (Fsp3) is 0.556. The van der Waals surface area contributed by atoms with Gasteiger partial charge in [0.1, 0.15) is 11.4 Å². The summed E-state index contributed by atoms with van der Waals surface area (Å²) < 4.78 is 21.8. The standard InChI is InChI=1S/C9H16N4O3S/c1-9(2,17(3,15)16)5-11-8(14)6-4-12-13-7(6)10/h4H,5H2,1-3H3,(H,11,14)(H3,10,12,13). The van der Waals surface area contributed by atoms with Crippen LogP contribution in [0.3, 0.4) is 0 Å². The number of aromatic amines is 1. The van der Waals surface area contributed by atoms with Gasteiger partial charge in [-0.05, 0) is 13.8 Å². The van der Waals surface area contributed by atoms with E-state index in [1.54, 1.807) is 13.8 Å². The third kappa shape index (κ3) is 2.96. The number of aromatic nitrogens is 2. The summed E-state index contributed by atoms with van der Waals surface area (Å²) in [4.78, 5) is 11.7. The van der Waals surface area contributed by atoms with Crippen molar-refractivity contribution < 1.29 is 13.2 Å². The van der Waals surface area contributed by atoms with Crippen molar-refractivity contribution in [1.82, 2.24) is 15.5 Å². The van der Waals surface area contributed by atoms with Crippen LogP contribution in [0.1, 0.15) is 24.2 Å². The van der Waals surface area contributed by atoms with E-state index < -0.39 is 20.5 Å². The minimum atomic E-state index is -3.25. The van der Waals surface area contributed by atoms with Crippen molar-refractivity contribution in [3.05, 3.63) is 11.8 Å². The van der Waals surface area contributed by atoms with Gasteiger partial charge in [-0.2, -0.15) is 5.10 Å². The normalized spacial score (nSPS) is 12.4. The first kappa shape index (κ1) is 13.5. The van der Waals surface area contributed by atoms with Crippen LogP contribution in [0.4, 0.5) is 5.82 Å². The summed E-state index contributed by atoms with van der Waals surface area (Å²) in [5.41, 5.74) is 5.67. The van der Waals surface area contributed by atoms with Crippen LogP contribution in [0.5, 0.6) is 0 Å². The van der Waals surface area contributed by atoms with E-state index in [4.69, 9.17) is 5.73 Å². The van der Waals surface area contributed by atoms with Gasteiger partial charge in [0.25, 0.3) is 5.91 Å². The number of sulfone groups is 1. The molecule has 0 saturated heterocycles. The van der Waals surface area contributed by atoms with Crippen molar-refractivity contribution in [1.29, 1.82) is 0 Å². The first-order chi connectivity index (χ1) is 7.65. The number of carbonyl (C=O) groups excluding carboxylic acids is 1. The van der Waals surface area contributed by atoms with E-state index in [1.807, 2.05) is 0 Å². The molecule has 0 aliphatic heterocycles. The molecule has 1 rings (SSSR count). The van der Waals surface area contributed by atoms with Crippen LogP contribution in [-0.2, 0) is 9.84 Å². The second-order valence-electron chi connectivity index (χ2n) is 4.41. The molecule has 0 aliphatic carbocycles. The summed E-state index contributed by atoms with van der Waals surface area (Å²) in [6.45, 7) is 3.10. The second kappa shape index (κ2) is 4.36. The molecule has 1 aromatic rings. The molecule has 1 aromatic heterocycles. The first-order valence-corrected chi connectivity index (χ1v) is 6.81. The second-order valence-corrected chi connectivity index (χ2v) is 7.06. The molecule has 17 heavy (non-hydrogen) atoms.